The molecular weight excluding hydrogens is 230 g/mol. The fourth-order valence-electron chi connectivity index (χ4n) is 1.81. The molecule has 1 heterocycles. The monoisotopic (exact) mass is 247 g/mol. The number of fused-ring (bicyclic) bond motifs is 1. The summed E-state index contributed by atoms with van der Waals surface area (Å²) in [6.45, 7) is 4.29. The lowest BCUT2D eigenvalue weighted by Crippen LogP contribution is -2.04. The molecule has 0 aliphatic rings. The summed E-state index contributed by atoms with van der Waals surface area (Å²) in [6, 6.07) is 7.96. The van der Waals surface area contributed by atoms with Crippen molar-refractivity contribution < 1.29 is 5.11 Å². The SMILES string of the molecule is CC(C)SCC(O)c1cccc2cnccc12. The smallest absolute Gasteiger partial charge is 0.0886 e. The minimum absolute atomic E-state index is 0.409. The van der Waals surface area contributed by atoms with Gasteiger partial charge in [0.2, 0.25) is 0 Å². The van der Waals surface area contributed by atoms with E-state index in [0.717, 1.165) is 22.1 Å². The highest BCUT2D eigenvalue weighted by atomic mass is 32.2. The average molecular weight is 247 g/mol. The van der Waals surface area contributed by atoms with Gasteiger partial charge in [0.1, 0.15) is 0 Å². The maximum atomic E-state index is 10.2. The summed E-state index contributed by atoms with van der Waals surface area (Å²) in [5.41, 5.74) is 0.998. The molecule has 0 aliphatic carbocycles. The molecule has 2 aromatic rings. The van der Waals surface area contributed by atoms with Gasteiger partial charge in [-0.2, -0.15) is 11.8 Å². The van der Waals surface area contributed by atoms with Gasteiger partial charge in [0.15, 0.2) is 0 Å². The number of rotatable bonds is 4. The molecule has 90 valence electrons. The maximum absolute atomic E-state index is 10.2. The molecule has 1 unspecified atom stereocenters. The minimum Gasteiger partial charge on any atom is -0.388 e. The van der Waals surface area contributed by atoms with Crippen molar-refractivity contribution in [3.8, 4) is 0 Å². The molecule has 2 rings (SSSR count). The summed E-state index contributed by atoms with van der Waals surface area (Å²) in [4.78, 5) is 4.10. The van der Waals surface area contributed by atoms with E-state index in [1.54, 1.807) is 18.0 Å². The molecule has 1 aromatic carbocycles. The zero-order chi connectivity index (χ0) is 12.3. The first-order valence-electron chi connectivity index (χ1n) is 5.81. The van der Waals surface area contributed by atoms with Crippen LogP contribution in [0, 0.1) is 0 Å². The van der Waals surface area contributed by atoms with Gasteiger partial charge in [-0.3, -0.25) is 4.98 Å². The van der Waals surface area contributed by atoms with Crippen LogP contribution in [0.15, 0.2) is 36.7 Å². The van der Waals surface area contributed by atoms with E-state index in [1.165, 1.54) is 0 Å². The third-order valence-electron chi connectivity index (χ3n) is 2.66. The van der Waals surface area contributed by atoms with E-state index in [-0.39, 0.29) is 0 Å². The molecule has 1 aromatic heterocycles. The third kappa shape index (κ3) is 2.99. The summed E-state index contributed by atoms with van der Waals surface area (Å²) in [7, 11) is 0. The third-order valence-corrected chi connectivity index (χ3v) is 3.84. The van der Waals surface area contributed by atoms with Crippen molar-refractivity contribution in [2.75, 3.05) is 5.75 Å². The molecule has 0 aliphatic heterocycles. The van der Waals surface area contributed by atoms with Crippen molar-refractivity contribution in [1.82, 2.24) is 4.98 Å². The van der Waals surface area contributed by atoms with Crippen molar-refractivity contribution in [3.63, 3.8) is 0 Å². The van der Waals surface area contributed by atoms with Gasteiger partial charge >= 0.3 is 0 Å². The van der Waals surface area contributed by atoms with Gasteiger partial charge in [0.05, 0.1) is 6.10 Å². The molecular formula is C14H17NOS. The van der Waals surface area contributed by atoms with Crippen LogP contribution in [-0.4, -0.2) is 21.1 Å². The summed E-state index contributed by atoms with van der Waals surface area (Å²) < 4.78 is 0. The molecule has 0 bridgehead atoms. The van der Waals surface area contributed by atoms with Crippen LogP contribution in [0.4, 0.5) is 0 Å². The quantitative estimate of drug-likeness (QED) is 0.898. The van der Waals surface area contributed by atoms with Crippen LogP contribution in [0.3, 0.4) is 0 Å². The highest BCUT2D eigenvalue weighted by Crippen LogP contribution is 2.27. The fraction of sp³-hybridized carbons (Fsp3) is 0.357. The summed E-state index contributed by atoms with van der Waals surface area (Å²) in [6.07, 6.45) is 3.20. The number of benzene rings is 1. The molecule has 17 heavy (non-hydrogen) atoms. The number of hydrogen-bond donors (Lipinski definition) is 1. The molecule has 3 heteroatoms. The van der Waals surface area contributed by atoms with Gasteiger partial charge in [-0.1, -0.05) is 32.0 Å². The number of nitrogens with zero attached hydrogens (tertiary/aromatic N) is 1. The highest BCUT2D eigenvalue weighted by Gasteiger charge is 2.11. The maximum Gasteiger partial charge on any atom is 0.0886 e. The van der Waals surface area contributed by atoms with Crippen LogP contribution in [0.5, 0.6) is 0 Å². The van der Waals surface area contributed by atoms with Gasteiger partial charge in [0.25, 0.3) is 0 Å². The summed E-state index contributed by atoms with van der Waals surface area (Å²) in [5.74, 6) is 0.735. The average Bonchev–Trinajstić information content (AvgIpc) is 2.35. The van der Waals surface area contributed by atoms with E-state index in [9.17, 15) is 5.11 Å². The normalized spacial score (nSPS) is 13.2. The zero-order valence-electron chi connectivity index (χ0n) is 10.1. The van der Waals surface area contributed by atoms with Crippen LogP contribution >= 0.6 is 11.8 Å². The van der Waals surface area contributed by atoms with Crippen molar-refractivity contribution >= 4 is 22.5 Å². The Hall–Kier alpha value is -1.06. The number of hydrogen-bond acceptors (Lipinski definition) is 3. The Kier molecular flexibility index (Phi) is 4.02. The standard InChI is InChI=1S/C14H17NOS/c1-10(2)17-9-14(16)13-5-3-4-11-8-15-7-6-12(11)13/h3-8,10,14,16H,9H2,1-2H3. The Morgan fingerprint density at radius 1 is 1.29 bits per heavy atom. The molecule has 0 radical (unpaired) electrons. The van der Waals surface area contributed by atoms with Crippen LogP contribution < -0.4 is 0 Å². The Bertz CT molecular complexity index is 493. The van der Waals surface area contributed by atoms with Crippen LogP contribution in [-0.2, 0) is 0 Å². The van der Waals surface area contributed by atoms with Gasteiger partial charge in [-0.25, -0.2) is 0 Å². The number of aliphatic hydroxyl groups excluding tert-OH is 1. The molecule has 0 saturated carbocycles. The number of aliphatic hydroxyl groups is 1. The topological polar surface area (TPSA) is 33.1 Å². The lowest BCUT2D eigenvalue weighted by atomic mass is 10.0. The van der Waals surface area contributed by atoms with E-state index in [4.69, 9.17) is 0 Å². The molecule has 1 N–H and O–H groups in total. The van der Waals surface area contributed by atoms with E-state index in [1.807, 2.05) is 30.5 Å². The van der Waals surface area contributed by atoms with Gasteiger partial charge < -0.3 is 5.11 Å². The van der Waals surface area contributed by atoms with Crippen LogP contribution in [0.25, 0.3) is 10.8 Å². The Balaban J connectivity index is 2.28. The van der Waals surface area contributed by atoms with Crippen molar-refractivity contribution in [2.45, 2.75) is 25.2 Å². The van der Waals surface area contributed by atoms with E-state index in [2.05, 4.69) is 18.8 Å². The molecule has 0 saturated heterocycles. The van der Waals surface area contributed by atoms with Crippen molar-refractivity contribution in [2.24, 2.45) is 0 Å². The second-order valence-electron chi connectivity index (χ2n) is 4.34. The fourth-order valence-corrected chi connectivity index (χ4v) is 2.56. The second-order valence-corrected chi connectivity index (χ2v) is 5.95. The molecule has 1 atom stereocenters. The minimum atomic E-state index is -0.409. The zero-order valence-corrected chi connectivity index (χ0v) is 10.9. The largest absolute Gasteiger partial charge is 0.388 e. The molecule has 0 fully saturated rings. The van der Waals surface area contributed by atoms with Gasteiger partial charge in [0, 0.05) is 23.5 Å². The van der Waals surface area contributed by atoms with Crippen LogP contribution in [0.1, 0.15) is 25.5 Å². The Morgan fingerprint density at radius 2 is 2.12 bits per heavy atom. The summed E-state index contributed by atoms with van der Waals surface area (Å²) in [5, 5.41) is 12.9. The van der Waals surface area contributed by atoms with E-state index < -0.39 is 6.10 Å². The lowest BCUT2D eigenvalue weighted by Gasteiger charge is -2.14. The molecule has 0 spiro atoms. The molecule has 2 nitrogen and oxygen atoms in total. The first-order chi connectivity index (χ1) is 8.18. The first kappa shape index (κ1) is 12.4. The van der Waals surface area contributed by atoms with Gasteiger partial charge in [-0.15, -0.1) is 0 Å². The number of aromatic nitrogens is 1. The van der Waals surface area contributed by atoms with Gasteiger partial charge in [-0.05, 0) is 22.3 Å². The molecule has 0 amide bonds. The van der Waals surface area contributed by atoms with Crippen LogP contribution in [0.2, 0.25) is 0 Å². The highest BCUT2D eigenvalue weighted by molar-refractivity contribution is 7.99. The predicted octanol–water partition coefficient (Wildman–Crippen LogP) is 3.41. The Labute approximate surface area is 106 Å². The van der Waals surface area contributed by atoms with E-state index >= 15 is 0 Å². The lowest BCUT2D eigenvalue weighted by molar-refractivity contribution is 0.205. The van der Waals surface area contributed by atoms with E-state index in [0.29, 0.717) is 5.25 Å². The first-order valence-corrected chi connectivity index (χ1v) is 6.85. The second kappa shape index (κ2) is 5.52. The number of pyridine rings is 1. The number of thioether (sulfide) groups is 1. The predicted molar refractivity (Wildman–Crippen MR) is 74.3 cm³/mol. The van der Waals surface area contributed by atoms with Crippen molar-refractivity contribution in [1.29, 1.82) is 0 Å². The van der Waals surface area contributed by atoms with Crippen molar-refractivity contribution in [3.05, 3.63) is 42.2 Å². The Morgan fingerprint density at radius 3 is 2.88 bits per heavy atom. The summed E-state index contributed by atoms with van der Waals surface area (Å²) >= 11 is 1.78.